The van der Waals surface area contributed by atoms with Crippen LogP contribution in [0.4, 0.5) is 16.2 Å². The lowest BCUT2D eigenvalue weighted by Gasteiger charge is -2.15. The molecule has 0 bridgehead atoms. The molecule has 2 N–H and O–H groups in total. The molecule has 0 atom stereocenters. The molecule has 5 nitrogen and oxygen atoms in total. The number of ether oxygens (including phenoxy) is 1. The molecule has 0 saturated carbocycles. The van der Waals surface area contributed by atoms with Gasteiger partial charge in [0, 0.05) is 11.4 Å². The molecule has 2 aromatic rings. The Kier molecular flexibility index (Phi) is 4.74. The smallest absolute Gasteiger partial charge is 0.411 e. The molecule has 1 aliphatic heterocycles. The van der Waals surface area contributed by atoms with Crippen LogP contribution in [0.2, 0.25) is 0 Å². The molecule has 1 aliphatic rings. The number of rotatable bonds is 5. The minimum atomic E-state index is -0.550. The summed E-state index contributed by atoms with van der Waals surface area (Å²) in [7, 11) is 0. The van der Waals surface area contributed by atoms with Crippen LogP contribution in [-0.2, 0) is 21.4 Å². The molecule has 0 saturated heterocycles. The Balaban J connectivity index is 1.49. The van der Waals surface area contributed by atoms with Gasteiger partial charge >= 0.3 is 6.09 Å². The van der Waals surface area contributed by atoms with Gasteiger partial charge in [0.2, 0.25) is 5.91 Å². The molecule has 1 heterocycles. The number of benzene rings is 2. The Morgan fingerprint density at radius 3 is 2.68 bits per heavy atom. The van der Waals surface area contributed by atoms with Gasteiger partial charge in [-0.05, 0) is 49.9 Å². The number of amides is 2. The first-order chi connectivity index (χ1) is 12.0. The Bertz CT molecular complexity index is 785. The van der Waals surface area contributed by atoms with Crippen molar-refractivity contribution in [2.45, 2.75) is 32.1 Å². The van der Waals surface area contributed by atoms with E-state index >= 15 is 0 Å². The molecule has 0 aliphatic carbocycles. The van der Waals surface area contributed by atoms with Crippen LogP contribution in [0.15, 0.2) is 48.5 Å². The van der Waals surface area contributed by atoms with E-state index in [9.17, 15) is 9.59 Å². The van der Waals surface area contributed by atoms with Gasteiger partial charge in [-0.25, -0.2) is 4.79 Å². The molecule has 130 valence electrons. The SMILES string of the molecule is CC1(C)C(=O)Nc2cc(NC(=O)OCCCc3ccccc3)ccc21. The lowest BCUT2D eigenvalue weighted by Crippen LogP contribution is -2.26. The van der Waals surface area contributed by atoms with Crippen LogP contribution in [0.5, 0.6) is 0 Å². The van der Waals surface area contributed by atoms with Crippen LogP contribution in [0, 0.1) is 0 Å². The highest BCUT2D eigenvalue weighted by molar-refractivity contribution is 6.06. The summed E-state index contributed by atoms with van der Waals surface area (Å²) in [5.74, 6) is -0.0388. The summed E-state index contributed by atoms with van der Waals surface area (Å²) in [5, 5.41) is 5.54. The minimum absolute atomic E-state index is 0.0388. The van der Waals surface area contributed by atoms with Gasteiger partial charge < -0.3 is 10.1 Å². The van der Waals surface area contributed by atoms with Gasteiger partial charge in [-0.15, -0.1) is 0 Å². The topological polar surface area (TPSA) is 67.4 Å². The zero-order chi connectivity index (χ0) is 17.9. The number of hydrogen-bond acceptors (Lipinski definition) is 3. The van der Waals surface area contributed by atoms with Gasteiger partial charge in [0.1, 0.15) is 0 Å². The van der Waals surface area contributed by atoms with Crippen molar-refractivity contribution in [3.8, 4) is 0 Å². The Morgan fingerprint density at radius 2 is 1.92 bits per heavy atom. The molecule has 25 heavy (non-hydrogen) atoms. The summed E-state index contributed by atoms with van der Waals surface area (Å²) in [6.07, 6.45) is 1.15. The van der Waals surface area contributed by atoms with Gasteiger partial charge in [-0.2, -0.15) is 0 Å². The van der Waals surface area contributed by atoms with Crippen LogP contribution >= 0.6 is 0 Å². The summed E-state index contributed by atoms with van der Waals surface area (Å²) in [5.41, 5.74) is 2.94. The van der Waals surface area contributed by atoms with E-state index in [0.29, 0.717) is 12.3 Å². The molecule has 3 rings (SSSR count). The molecular formula is C20H22N2O3. The molecule has 0 spiro atoms. The molecule has 5 heteroatoms. The first-order valence-corrected chi connectivity index (χ1v) is 8.40. The second-order valence-electron chi connectivity index (χ2n) is 6.69. The summed E-state index contributed by atoms with van der Waals surface area (Å²) in [4.78, 5) is 23.8. The van der Waals surface area contributed by atoms with Crippen molar-refractivity contribution in [3.05, 3.63) is 59.7 Å². The van der Waals surface area contributed by atoms with Crippen LogP contribution in [0.1, 0.15) is 31.4 Å². The number of hydrogen-bond donors (Lipinski definition) is 2. The number of aryl methyl sites for hydroxylation is 1. The predicted molar refractivity (Wildman–Crippen MR) is 97.8 cm³/mol. The summed E-state index contributed by atoms with van der Waals surface area (Å²) < 4.78 is 5.21. The van der Waals surface area contributed by atoms with Crippen molar-refractivity contribution in [3.63, 3.8) is 0 Å². The van der Waals surface area contributed by atoms with Crippen molar-refractivity contribution in [1.82, 2.24) is 0 Å². The maximum Gasteiger partial charge on any atom is 0.411 e. The lowest BCUT2D eigenvalue weighted by molar-refractivity contribution is -0.119. The highest BCUT2D eigenvalue weighted by Gasteiger charge is 2.38. The molecular weight excluding hydrogens is 316 g/mol. The van der Waals surface area contributed by atoms with Crippen LogP contribution < -0.4 is 10.6 Å². The van der Waals surface area contributed by atoms with Crippen LogP contribution in [0.25, 0.3) is 0 Å². The monoisotopic (exact) mass is 338 g/mol. The normalized spacial score (nSPS) is 14.6. The Morgan fingerprint density at radius 1 is 1.16 bits per heavy atom. The predicted octanol–water partition coefficient (Wildman–Crippen LogP) is 4.10. The molecule has 2 aromatic carbocycles. The second kappa shape index (κ2) is 6.97. The van der Waals surface area contributed by atoms with Crippen molar-refractivity contribution in [2.75, 3.05) is 17.2 Å². The summed E-state index contributed by atoms with van der Waals surface area (Å²) in [6, 6.07) is 15.5. The van der Waals surface area contributed by atoms with E-state index in [4.69, 9.17) is 4.74 Å². The maximum absolute atomic E-state index is 12.0. The summed E-state index contributed by atoms with van der Waals surface area (Å²) in [6.45, 7) is 4.11. The van der Waals surface area contributed by atoms with Gasteiger partial charge in [0.05, 0.1) is 12.0 Å². The third kappa shape index (κ3) is 3.82. The van der Waals surface area contributed by atoms with E-state index in [1.54, 1.807) is 12.1 Å². The quantitative estimate of drug-likeness (QED) is 0.807. The number of carbonyl (C=O) groups excluding carboxylic acids is 2. The van der Waals surface area contributed by atoms with E-state index in [2.05, 4.69) is 22.8 Å². The number of anilines is 2. The Hall–Kier alpha value is -2.82. The second-order valence-corrected chi connectivity index (χ2v) is 6.69. The van der Waals surface area contributed by atoms with Crippen LogP contribution in [-0.4, -0.2) is 18.6 Å². The first kappa shape index (κ1) is 17.0. The highest BCUT2D eigenvalue weighted by atomic mass is 16.5. The van der Waals surface area contributed by atoms with Crippen molar-refractivity contribution < 1.29 is 14.3 Å². The van der Waals surface area contributed by atoms with Gasteiger partial charge in [0.15, 0.2) is 0 Å². The molecule has 0 unspecified atom stereocenters. The number of fused-ring (bicyclic) bond motifs is 1. The van der Waals surface area contributed by atoms with E-state index in [1.807, 2.05) is 38.1 Å². The van der Waals surface area contributed by atoms with Crippen molar-refractivity contribution in [2.24, 2.45) is 0 Å². The highest BCUT2D eigenvalue weighted by Crippen LogP contribution is 2.38. The third-order valence-electron chi connectivity index (χ3n) is 4.44. The summed E-state index contributed by atoms with van der Waals surface area (Å²) >= 11 is 0. The first-order valence-electron chi connectivity index (χ1n) is 8.40. The fourth-order valence-electron chi connectivity index (χ4n) is 2.91. The zero-order valence-corrected chi connectivity index (χ0v) is 14.5. The Labute approximate surface area is 147 Å². The van der Waals surface area contributed by atoms with Crippen molar-refractivity contribution in [1.29, 1.82) is 0 Å². The average molecular weight is 338 g/mol. The largest absolute Gasteiger partial charge is 0.449 e. The zero-order valence-electron chi connectivity index (χ0n) is 14.5. The van der Waals surface area contributed by atoms with Crippen LogP contribution in [0.3, 0.4) is 0 Å². The molecule has 0 aromatic heterocycles. The van der Waals surface area contributed by atoms with Crippen molar-refractivity contribution >= 4 is 23.4 Å². The van der Waals surface area contributed by atoms with E-state index in [1.165, 1.54) is 5.56 Å². The van der Waals surface area contributed by atoms with E-state index in [0.717, 1.165) is 24.1 Å². The van der Waals surface area contributed by atoms with E-state index in [-0.39, 0.29) is 5.91 Å². The van der Waals surface area contributed by atoms with Gasteiger partial charge in [-0.3, -0.25) is 10.1 Å². The molecule has 2 amide bonds. The van der Waals surface area contributed by atoms with Gasteiger partial charge in [-0.1, -0.05) is 36.4 Å². The van der Waals surface area contributed by atoms with E-state index < -0.39 is 11.5 Å². The molecule has 0 radical (unpaired) electrons. The number of nitrogens with one attached hydrogen (secondary N) is 2. The minimum Gasteiger partial charge on any atom is -0.449 e. The average Bonchev–Trinajstić information content (AvgIpc) is 2.81. The number of carbonyl (C=O) groups is 2. The standard InChI is InChI=1S/C20H22N2O3/c1-20(2)16-11-10-15(13-17(16)22-18(20)23)21-19(24)25-12-6-9-14-7-4-3-5-8-14/h3-5,7-8,10-11,13H,6,9,12H2,1-2H3,(H,21,24)(H,22,23). The molecule has 0 fully saturated rings. The van der Waals surface area contributed by atoms with Gasteiger partial charge in [0.25, 0.3) is 0 Å². The fourth-order valence-corrected chi connectivity index (χ4v) is 2.91. The lowest BCUT2D eigenvalue weighted by atomic mass is 9.86. The third-order valence-corrected chi connectivity index (χ3v) is 4.44. The fraction of sp³-hybridized carbons (Fsp3) is 0.300. The maximum atomic E-state index is 12.0.